The Morgan fingerprint density at radius 2 is 2.44 bits per heavy atom. The van der Waals surface area contributed by atoms with Gasteiger partial charge in [0.05, 0.1) is 6.26 Å². The number of nitrogens with one attached hydrogen (secondary N) is 1. The standard InChI is InChI=1S/C11H14N4O3/c1-15-7-13-9(14-15)2-4-12-6-8-3-5-18-10(8)11(16)17/h3,5,7,12H,2,4,6H2,1H3,(H,16,17). The zero-order chi connectivity index (χ0) is 13.0. The first-order valence-electron chi connectivity index (χ1n) is 5.51. The van der Waals surface area contributed by atoms with Crippen molar-refractivity contribution in [3.05, 3.63) is 35.8 Å². The van der Waals surface area contributed by atoms with Gasteiger partial charge in [0.25, 0.3) is 0 Å². The van der Waals surface area contributed by atoms with Crippen LogP contribution in [0.25, 0.3) is 0 Å². The molecule has 2 N–H and O–H groups in total. The molecule has 7 nitrogen and oxygen atoms in total. The third-order valence-electron chi connectivity index (χ3n) is 2.43. The van der Waals surface area contributed by atoms with Gasteiger partial charge in [-0.25, -0.2) is 9.78 Å². The summed E-state index contributed by atoms with van der Waals surface area (Å²) < 4.78 is 6.52. The minimum absolute atomic E-state index is 0.0153. The van der Waals surface area contributed by atoms with Crippen LogP contribution in [0, 0.1) is 0 Å². The quantitative estimate of drug-likeness (QED) is 0.722. The number of aromatic carboxylic acids is 1. The fraction of sp³-hybridized carbons (Fsp3) is 0.364. The van der Waals surface area contributed by atoms with Gasteiger partial charge in [-0.2, -0.15) is 5.10 Å². The first-order chi connectivity index (χ1) is 8.66. The van der Waals surface area contributed by atoms with E-state index in [-0.39, 0.29) is 5.76 Å². The second-order valence-corrected chi connectivity index (χ2v) is 3.84. The Hall–Kier alpha value is -2.15. The molecule has 0 saturated carbocycles. The number of carboxylic acids is 1. The Balaban J connectivity index is 1.78. The summed E-state index contributed by atoms with van der Waals surface area (Å²) in [7, 11) is 1.81. The first kappa shape index (κ1) is 12.3. The largest absolute Gasteiger partial charge is 0.475 e. The molecule has 2 heterocycles. The molecule has 0 spiro atoms. The summed E-state index contributed by atoms with van der Waals surface area (Å²) in [5, 5.41) is 16.1. The summed E-state index contributed by atoms with van der Waals surface area (Å²) in [5.41, 5.74) is 0.636. The molecule has 0 amide bonds. The summed E-state index contributed by atoms with van der Waals surface area (Å²) >= 11 is 0. The lowest BCUT2D eigenvalue weighted by Crippen LogP contribution is -2.18. The van der Waals surface area contributed by atoms with Crippen LogP contribution < -0.4 is 5.32 Å². The number of carboxylic acid groups (broad SMARTS) is 1. The third-order valence-corrected chi connectivity index (χ3v) is 2.43. The normalized spacial score (nSPS) is 10.7. The molecule has 0 aromatic carbocycles. The highest BCUT2D eigenvalue weighted by molar-refractivity contribution is 5.86. The van der Waals surface area contributed by atoms with Crippen LogP contribution in [-0.2, 0) is 20.0 Å². The average molecular weight is 250 g/mol. The third kappa shape index (κ3) is 2.95. The first-order valence-corrected chi connectivity index (χ1v) is 5.51. The van der Waals surface area contributed by atoms with E-state index in [4.69, 9.17) is 9.52 Å². The van der Waals surface area contributed by atoms with Crippen LogP contribution in [0.3, 0.4) is 0 Å². The highest BCUT2D eigenvalue weighted by Gasteiger charge is 2.12. The van der Waals surface area contributed by atoms with Crippen molar-refractivity contribution in [1.82, 2.24) is 20.1 Å². The second kappa shape index (κ2) is 5.46. The Kier molecular flexibility index (Phi) is 3.73. The molecule has 0 aliphatic heterocycles. The summed E-state index contributed by atoms with van der Waals surface area (Å²) in [6, 6.07) is 1.65. The van der Waals surface area contributed by atoms with E-state index in [0.29, 0.717) is 25.1 Å². The summed E-state index contributed by atoms with van der Waals surface area (Å²) in [4.78, 5) is 14.9. The fourth-order valence-electron chi connectivity index (χ4n) is 1.58. The number of aromatic nitrogens is 3. The number of carbonyl (C=O) groups is 1. The molecule has 0 radical (unpaired) electrons. The van der Waals surface area contributed by atoms with Gasteiger partial charge in [-0.15, -0.1) is 0 Å². The maximum Gasteiger partial charge on any atom is 0.372 e. The lowest BCUT2D eigenvalue weighted by molar-refractivity contribution is 0.0660. The molecule has 0 aliphatic rings. The maximum absolute atomic E-state index is 10.8. The molecule has 0 fully saturated rings. The molecule has 0 aliphatic carbocycles. The minimum atomic E-state index is -1.05. The van der Waals surface area contributed by atoms with Gasteiger partial charge in [0, 0.05) is 32.1 Å². The van der Waals surface area contributed by atoms with E-state index in [1.807, 2.05) is 7.05 Å². The van der Waals surface area contributed by atoms with Gasteiger partial charge in [-0.05, 0) is 6.07 Å². The van der Waals surface area contributed by atoms with Gasteiger partial charge in [0.1, 0.15) is 6.33 Å². The van der Waals surface area contributed by atoms with Crippen LogP contribution >= 0.6 is 0 Å². The van der Waals surface area contributed by atoms with E-state index in [2.05, 4.69) is 15.4 Å². The fourth-order valence-corrected chi connectivity index (χ4v) is 1.58. The average Bonchev–Trinajstić information content (AvgIpc) is 2.93. The van der Waals surface area contributed by atoms with Crippen LogP contribution in [-0.4, -0.2) is 32.4 Å². The molecule has 0 atom stereocenters. The molecule has 2 aromatic rings. The molecule has 0 unspecified atom stereocenters. The van der Waals surface area contributed by atoms with Crippen LogP contribution in [0.4, 0.5) is 0 Å². The van der Waals surface area contributed by atoms with Crippen molar-refractivity contribution >= 4 is 5.97 Å². The smallest absolute Gasteiger partial charge is 0.372 e. The van der Waals surface area contributed by atoms with Crippen molar-refractivity contribution in [3.63, 3.8) is 0 Å². The number of aryl methyl sites for hydroxylation is 1. The van der Waals surface area contributed by atoms with Gasteiger partial charge in [-0.1, -0.05) is 0 Å². The molecule has 0 bridgehead atoms. The van der Waals surface area contributed by atoms with E-state index in [1.165, 1.54) is 6.26 Å². The number of rotatable bonds is 6. The van der Waals surface area contributed by atoms with E-state index < -0.39 is 5.97 Å². The minimum Gasteiger partial charge on any atom is -0.475 e. The molecule has 0 saturated heterocycles. The van der Waals surface area contributed by atoms with Crippen molar-refractivity contribution in [1.29, 1.82) is 0 Å². The van der Waals surface area contributed by atoms with Gasteiger partial charge < -0.3 is 14.8 Å². The van der Waals surface area contributed by atoms with E-state index in [0.717, 1.165) is 5.82 Å². The predicted octanol–water partition coefficient (Wildman–Crippen LogP) is 0.439. The number of furan rings is 1. The summed E-state index contributed by atoms with van der Waals surface area (Å²) in [6.45, 7) is 1.12. The highest BCUT2D eigenvalue weighted by atomic mass is 16.4. The van der Waals surface area contributed by atoms with Crippen LogP contribution in [0.1, 0.15) is 21.9 Å². The molecule has 2 aromatic heterocycles. The molecule has 7 heteroatoms. The van der Waals surface area contributed by atoms with Crippen molar-refractivity contribution in [2.75, 3.05) is 6.54 Å². The molecule has 2 rings (SSSR count). The van der Waals surface area contributed by atoms with Crippen molar-refractivity contribution < 1.29 is 14.3 Å². The molecular weight excluding hydrogens is 236 g/mol. The Bertz CT molecular complexity index is 532. The lowest BCUT2D eigenvalue weighted by Gasteiger charge is -2.01. The van der Waals surface area contributed by atoms with Crippen molar-refractivity contribution in [3.8, 4) is 0 Å². The van der Waals surface area contributed by atoms with Gasteiger partial charge in [0.2, 0.25) is 5.76 Å². The summed E-state index contributed by atoms with van der Waals surface area (Å²) in [6.07, 6.45) is 3.72. The van der Waals surface area contributed by atoms with Gasteiger partial charge >= 0.3 is 5.97 Å². The maximum atomic E-state index is 10.8. The summed E-state index contributed by atoms with van der Waals surface area (Å²) in [5.74, 6) is -0.308. The Morgan fingerprint density at radius 3 is 3.11 bits per heavy atom. The SMILES string of the molecule is Cn1cnc(CCNCc2ccoc2C(=O)O)n1. The lowest BCUT2D eigenvalue weighted by atomic mass is 10.2. The van der Waals surface area contributed by atoms with Gasteiger partial charge in [0.15, 0.2) is 5.82 Å². The number of hydrogen-bond acceptors (Lipinski definition) is 5. The van der Waals surface area contributed by atoms with Crippen LogP contribution in [0.15, 0.2) is 23.1 Å². The number of nitrogens with zero attached hydrogens (tertiary/aromatic N) is 3. The number of hydrogen-bond donors (Lipinski definition) is 2. The predicted molar refractivity (Wildman–Crippen MR) is 62.1 cm³/mol. The van der Waals surface area contributed by atoms with Gasteiger partial charge in [-0.3, -0.25) is 4.68 Å². The molecular formula is C11H14N4O3. The zero-order valence-electron chi connectivity index (χ0n) is 9.96. The van der Waals surface area contributed by atoms with Crippen LogP contribution in [0.2, 0.25) is 0 Å². The van der Waals surface area contributed by atoms with Crippen molar-refractivity contribution in [2.24, 2.45) is 7.05 Å². The Morgan fingerprint density at radius 1 is 1.61 bits per heavy atom. The van der Waals surface area contributed by atoms with Crippen LogP contribution in [0.5, 0.6) is 0 Å². The topological polar surface area (TPSA) is 93.2 Å². The molecule has 96 valence electrons. The highest BCUT2D eigenvalue weighted by Crippen LogP contribution is 2.09. The monoisotopic (exact) mass is 250 g/mol. The van der Waals surface area contributed by atoms with E-state index in [1.54, 1.807) is 17.1 Å². The van der Waals surface area contributed by atoms with E-state index >= 15 is 0 Å². The second-order valence-electron chi connectivity index (χ2n) is 3.84. The van der Waals surface area contributed by atoms with Crippen molar-refractivity contribution in [2.45, 2.75) is 13.0 Å². The van der Waals surface area contributed by atoms with E-state index in [9.17, 15) is 4.79 Å². The molecule has 18 heavy (non-hydrogen) atoms. The zero-order valence-corrected chi connectivity index (χ0v) is 9.96. The Labute approximate surface area is 103 Å².